The molecule has 0 bridgehead atoms. The van der Waals surface area contributed by atoms with Gasteiger partial charge in [0, 0.05) is 37.1 Å². The van der Waals surface area contributed by atoms with E-state index in [0.29, 0.717) is 26.1 Å². The lowest BCUT2D eigenvalue weighted by Gasteiger charge is -2.29. The summed E-state index contributed by atoms with van der Waals surface area (Å²) < 4.78 is 51.7. The summed E-state index contributed by atoms with van der Waals surface area (Å²) in [5.41, 5.74) is 3.86. The van der Waals surface area contributed by atoms with E-state index in [1.807, 2.05) is 18.2 Å². The largest absolute Gasteiger partial charge is 0.381 e. The van der Waals surface area contributed by atoms with Crippen molar-refractivity contribution in [1.82, 2.24) is 14.1 Å². The number of alkyl halides is 2. The third-order valence-electron chi connectivity index (χ3n) is 4.48. The maximum absolute atomic E-state index is 12.4. The van der Waals surface area contributed by atoms with E-state index in [1.54, 1.807) is 19.3 Å². The van der Waals surface area contributed by atoms with Crippen LogP contribution in [0.5, 0.6) is 0 Å². The highest BCUT2D eigenvalue weighted by atomic mass is 32.2. The van der Waals surface area contributed by atoms with Crippen molar-refractivity contribution in [2.45, 2.75) is 39.4 Å². The third kappa shape index (κ3) is 4.21. The Bertz CT molecular complexity index is 867. The molecule has 1 N–H and O–H groups in total. The van der Waals surface area contributed by atoms with Gasteiger partial charge in [-0.05, 0) is 30.5 Å². The molecular weight excluding hydrogens is 362 g/mol. The quantitative estimate of drug-likeness (QED) is 0.796. The van der Waals surface area contributed by atoms with E-state index in [4.69, 9.17) is 0 Å². The fraction of sp³-hybridized carbons (Fsp3) is 0.471. The predicted molar refractivity (Wildman–Crippen MR) is 95.6 cm³/mol. The summed E-state index contributed by atoms with van der Waals surface area (Å²) >= 11 is 0. The zero-order chi connectivity index (χ0) is 18.7. The standard InChI is InChI=1S/C17H22F2N4O2S/c1-2-26(24,25)23-7-6-15-14(11-23)4-3-5-16(15)20-8-13-9-21-22(10-13)12-17(18)19/h3-5,9-10,17,20H,2,6-8,11-12H2,1H3. The average Bonchev–Trinajstić information content (AvgIpc) is 3.06. The van der Waals surface area contributed by atoms with E-state index in [0.717, 1.165) is 22.4 Å². The molecule has 0 saturated carbocycles. The minimum absolute atomic E-state index is 0.100. The number of nitrogens with zero attached hydrogens (tertiary/aromatic N) is 3. The predicted octanol–water partition coefficient (Wildman–Crippen LogP) is 2.47. The third-order valence-corrected chi connectivity index (χ3v) is 6.31. The van der Waals surface area contributed by atoms with Crippen LogP contribution in [0.1, 0.15) is 23.6 Å². The molecule has 0 amide bonds. The highest BCUT2D eigenvalue weighted by Crippen LogP contribution is 2.28. The number of rotatable bonds is 7. The van der Waals surface area contributed by atoms with Crippen molar-refractivity contribution in [2.24, 2.45) is 0 Å². The van der Waals surface area contributed by atoms with Gasteiger partial charge in [-0.2, -0.15) is 9.40 Å². The minimum atomic E-state index is -3.20. The van der Waals surface area contributed by atoms with Crippen LogP contribution >= 0.6 is 0 Å². The molecule has 2 aromatic rings. The molecule has 0 radical (unpaired) electrons. The van der Waals surface area contributed by atoms with E-state index >= 15 is 0 Å². The summed E-state index contributed by atoms with van der Waals surface area (Å²) in [6, 6.07) is 5.79. The Balaban J connectivity index is 1.69. The van der Waals surface area contributed by atoms with Crippen LogP contribution in [0.15, 0.2) is 30.6 Å². The number of halogens is 2. The van der Waals surface area contributed by atoms with Gasteiger partial charge < -0.3 is 5.32 Å². The molecule has 3 rings (SSSR count). The smallest absolute Gasteiger partial charge is 0.257 e. The maximum atomic E-state index is 12.4. The van der Waals surface area contributed by atoms with Crippen molar-refractivity contribution in [3.05, 3.63) is 47.3 Å². The number of fused-ring (bicyclic) bond motifs is 1. The van der Waals surface area contributed by atoms with E-state index in [2.05, 4.69) is 10.4 Å². The van der Waals surface area contributed by atoms with E-state index < -0.39 is 23.0 Å². The average molecular weight is 384 g/mol. The van der Waals surface area contributed by atoms with Gasteiger partial charge in [-0.25, -0.2) is 17.2 Å². The zero-order valence-electron chi connectivity index (χ0n) is 14.5. The summed E-state index contributed by atoms with van der Waals surface area (Å²) in [7, 11) is -3.20. The van der Waals surface area contributed by atoms with Crippen molar-refractivity contribution in [1.29, 1.82) is 0 Å². The van der Waals surface area contributed by atoms with Gasteiger partial charge in [0.2, 0.25) is 10.0 Å². The van der Waals surface area contributed by atoms with Crippen LogP contribution in [0.2, 0.25) is 0 Å². The van der Waals surface area contributed by atoms with E-state index in [1.165, 1.54) is 8.99 Å². The molecule has 9 heteroatoms. The molecule has 0 fully saturated rings. The van der Waals surface area contributed by atoms with Crippen LogP contribution in [0.25, 0.3) is 0 Å². The molecule has 1 aromatic heterocycles. The molecule has 2 heterocycles. The van der Waals surface area contributed by atoms with Gasteiger partial charge in [-0.1, -0.05) is 12.1 Å². The van der Waals surface area contributed by atoms with Gasteiger partial charge in [0.15, 0.2) is 0 Å². The van der Waals surface area contributed by atoms with Gasteiger partial charge in [0.25, 0.3) is 6.43 Å². The van der Waals surface area contributed by atoms with Crippen LogP contribution in [-0.4, -0.2) is 41.2 Å². The van der Waals surface area contributed by atoms with Crippen LogP contribution < -0.4 is 5.32 Å². The summed E-state index contributed by atoms with van der Waals surface area (Å²) in [5, 5.41) is 7.24. The number of nitrogens with one attached hydrogen (secondary N) is 1. The maximum Gasteiger partial charge on any atom is 0.257 e. The molecule has 0 saturated heterocycles. The Morgan fingerprint density at radius 2 is 2.15 bits per heavy atom. The lowest BCUT2D eigenvalue weighted by molar-refractivity contribution is 0.122. The molecule has 142 valence electrons. The van der Waals surface area contributed by atoms with Gasteiger partial charge >= 0.3 is 0 Å². The fourth-order valence-electron chi connectivity index (χ4n) is 3.11. The summed E-state index contributed by atoms with van der Waals surface area (Å²) in [4.78, 5) is 0. The SMILES string of the molecule is CCS(=O)(=O)N1CCc2c(cccc2NCc2cnn(CC(F)F)c2)C1. The van der Waals surface area contributed by atoms with Gasteiger partial charge in [-0.15, -0.1) is 0 Å². The van der Waals surface area contributed by atoms with Crippen LogP contribution in [0, 0.1) is 0 Å². The van der Waals surface area contributed by atoms with E-state index in [-0.39, 0.29) is 5.75 Å². The van der Waals surface area contributed by atoms with Crippen LogP contribution in [-0.2, 0) is 36.1 Å². The number of aromatic nitrogens is 2. The number of benzene rings is 1. The zero-order valence-corrected chi connectivity index (χ0v) is 15.3. The highest BCUT2D eigenvalue weighted by Gasteiger charge is 2.26. The monoisotopic (exact) mass is 384 g/mol. The molecule has 0 unspecified atom stereocenters. The van der Waals surface area contributed by atoms with Crippen molar-refractivity contribution in [3.8, 4) is 0 Å². The van der Waals surface area contributed by atoms with Gasteiger partial charge in [0.05, 0.1) is 11.9 Å². The molecule has 1 aliphatic heterocycles. The Hall–Kier alpha value is -2.00. The molecular formula is C17H22F2N4O2S. The number of hydrogen-bond donors (Lipinski definition) is 1. The second kappa shape index (κ2) is 7.71. The van der Waals surface area contributed by atoms with Crippen molar-refractivity contribution in [3.63, 3.8) is 0 Å². The second-order valence-electron chi connectivity index (χ2n) is 6.24. The first-order valence-electron chi connectivity index (χ1n) is 8.51. The van der Waals surface area contributed by atoms with Crippen LogP contribution in [0.4, 0.5) is 14.5 Å². The number of hydrogen-bond acceptors (Lipinski definition) is 4. The first kappa shape index (κ1) is 18.8. The molecule has 6 nitrogen and oxygen atoms in total. The van der Waals surface area contributed by atoms with E-state index in [9.17, 15) is 17.2 Å². The molecule has 0 atom stereocenters. The molecule has 1 aromatic carbocycles. The van der Waals surface area contributed by atoms with Crippen LogP contribution in [0.3, 0.4) is 0 Å². The Labute approximate surface area is 151 Å². The Morgan fingerprint density at radius 1 is 1.35 bits per heavy atom. The topological polar surface area (TPSA) is 67.2 Å². The van der Waals surface area contributed by atoms with Crippen molar-refractivity contribution >= 4 is 15.7 Å². The highest BCUT2D eigenvalue weighted by molar-refractivity contribution is 7.89. The van der Waals surface area contributed by atoms with Gasteiger partial charge in [-0.3, -0.25) is 4.68 Å². The first-order chi connectivity index (χ1) is 12.4. The van der Waals surface area contributed by atoms with Crippen molar-refractivity contribution < 1.29 is 17.2 Å². The normalized spacial score (nSPS) is 15.2. The molecule has 26 heavy (non-hydrogen) atoms. The lowest BCUT2D eigenvalue weighted by atomic mass is 9.99. The number of anilines is 1. The fourth-order valence-corrected chi connectivity index (χ4v) is 4.18. The Morgan fingerprint density at radius 3 is 2.88 bits per heavy atom. The molecule has 0 aliphatic carbocycles. The van der Waals surface area contributed by atoms with Crippen molar-refractivity contribution in [2.75, 3.05) is 17.6 Å². The summed E-state index contributed by atoms with van der Waals surface area (Å²) in [5.74, 6) is 0.100. The Kier molecular flexibility index (Phi) is 5.57. The number of sulfonamides is 1. The minimum Gasteiger partial charge on any atom is -0.381 e. The lowest BCUT2D eigenvalue weighted by Crippen LogP contribution is -2.37. The first-order valence-corrected chi connectivity index (χ1v) is 10.1. The molecule has 0 spiro atoms. The summed E-state index contributed by atoms with van der Waals surface area (Å²) in [6.07, 6.45) is 1.38. The second-order valence-corrected chi connectivity index (χ2v) is 8.50. The summed E-state index contributed by atoms with van der Waals surface area (Å²) in [6.45, 7) is 2.55. The van der Waals surface area contributed by atoms with Gasteiger partial charge in [0.1, 0.15) is 6.54 Å². The molecule has 1 aliphatic rings.